The number of carbonyl (C=O) groups excluding carboxylic acids is 3. The summed E-state index contributed by atoms with van der Waals surface area (Å²) >= 11 is 0. The quantitative estimate of drug-likeness (QED) is 0.587. The number of methoxy groups -OCH3 is 1. The molecule has 4 amide bonds. The number of urea groups is 1. The Hall–Kier alpha value is -3.36. The summed E-state index contributed by atoms with van der Waals surface area (Å²) in [5, 5.41) is 5.30. The Morgan fingerprint density at radius 2 is 2.15 bits per heavy atom. The summed E-state index contributed by atoms with van der Waals surface area (Å²) in [6.45, 7) is 0.507. The fourth-order valence-corrected chi connectivity index (χ4v) is 2.88. The van der Waals surface area contributed by atoms with Gasteiger partial charge >= 0.3 is 6.03 Å². The molecule has 1 aliphatic heterocycles. The maximum absolute atomic E-state index is 12.5. The number of amides is 4. The molecule has 1 aromatic carbocycles. The number of nitrogens with zero attached hydrogens (tertiary/aromatic N) is 2. The molecule has 1 atom stereocenters. The lowest BCUT2D eigenvalue weighted by Crippen LogP contribution is -2.37. The average Bonchev–Trinajstić information content (AvgIpc) is 3.26. The normalized spacial score (nSPS) is 16.3. The van der Waals surface area contributed by atoms with Crippen LogP contribution >= 0.6 is 0 Å². The number of ether oxygens (including phenoxy) is 1. The molecule has 142 valence electrons. The molecule has 1 fully saturated rings. The molecule has 0 aliphatic carbocycles. The molecule has 0 radical (unpaired) electrons. The maximum atomic E-state index is 12.5. The van der Waals surface area contributed by atoms with Gasteiger partial charge in [-0.25, -0.2) is 9.78 Å². The minimum Gasteiger partial charge on any atom is -0.496 e. The first-order valence-corrected chi connectivity index (χ1v) is 8.56. The molecule has 3 rings (SSSR count). The molecule has 3 N–H and O–H groups in total. The molecule has 2 aromatic rings. The molecule has 9 heteroatoms. The van der Waals surface area contributed by atoms with Gasteiger partial charge in [-0.05, 0) is 6.07 Å². The standard InChI is InChI=1S/C18H21N5O4/c1-27-15-5-3-2-4-12(15)10-23-17(25)14(22-18(23)26)8-16(24)20-7-6-13-9-19-11-21-13/h2-5,9,11,14H,6-8,10H2,1H3,(H,19,21)(H,20,24)(H,22,26)/t14-/m0/s1. The summed E-state index contributed by atoms with van der Waals surface area (Å²) in [5.74, 6) is -0.125. The van der Waals surface area contributed by atoms with Crippen LogP contribution < -0.4 is 15.4 Å². The van der Waals surface area contributed by atoms with Crippen LogP contribution in [0.15, 0.2) is 36.8 Å². The van der Waals surface area contributed by atoms with E-state index in [2.05, 4.69) is 20.6 Å². The van der Waals surface area contributed by atoms with Crippen molar-refractivity contribution in [3.8, 4) is 5.75 Å². The van der Waals surface area contributed by atoms with Gasteiger partial charge in [0.25, 0.3) is 5.91 Å². The first-order chi connectivity index (χ1) is 13.1. The Bertz CT molecular complexity index is 821. The molecule has 1 aromatic heterocycles. The van der Waals surface area contributed by atoms with E-state index in [1.807, 2.05) is 6.07 Å². The number of para-hydroxylation sites is 1. The molecule has 0 unspecified atom stereocenters. The number of imide groups is 1. The van der Waals surface area contributed by atoms with E-state index in [9.17, 15) is 14.4 Å². The highest BCUT2D eigenvalue weighted by molar-refractivity contribution is 6.05. The number of H-pyrrole nitrogens is 1. The van der Waals surface area contributed by atoms with E-state index in [0.29, 0.717) is 24.3 Å². The molecular formula is C18H21N5O4. The fourth-order valence-electron chi connectivity index (χ4n) is 2.88. The summed E-state index contributed by atoms with van der Waals surface area (Å²) in [7, 11) is 1.53. The lowest BCUT2D eigenvalue weighted by Gasteiger charge is -2.15. The van der Waals surface area contributed by atoms with Crippen molar-refractivity contribution in [3.63, 3.8) is 0 Å². The predicted molar refractivity (Wildman–Crippen MR) is 95.8 cm³/mol. The van der Waals surface area contributed by atoms with Gasteiger partial charge in [0.05, 0.1) is 26.4 Å². The number of aromatic amines is 1. The Morgan fingerprint density at radius 3 is 2.89 bits per heavy atom. The third-order valence-corrected chi connectivity index (χ3v) is 4.29. The Morgan fingerprint density at radius 1 is 1.33 bits per heavy atom. The first kappa shape index (κ1) is 18.4. The molecule has 27 heavy (non-hydrogen) atoms. The molecule has 9 nitrogen and oxygen atoms in total. The summed E-state index contributed by atoms with van der Waals surface area (Å²) in [4.78, 5) is 44.7. The third-order valence-electron chi connectivity index (χ3n) is 4.29. The van der Waals surface area contributed by atoms with Gasteiger partial charge in [0, 0.05) is 30.4 Å². The SMILES string of the molecule is COc1ccccc1CN1C(=O)N[C@@H](CC(=O)NCCc2cnc[nH]2)C1=O. The van der Waals surface area contributed by atoms with Crippen LogP contribution in [-0.2, 0) is 22.6 Å². The van der Waals surface area contributed by atoms with Crippen LogP contribution in [0.4, 0.5) is 4.79 Å². The second kappa shape index (κ2) is 8.35. The minimum absolute atomic E-state index is 0.0899. The number of hydrogen-bond acceptors (Lipinski definition) is 5. The van der Waals surface area contributed by atoms with E-state index in [1.54, 1.807) is 30.7 Å². The van der Waals surface area contributed by atoms with Crippen molar-refractivity contribution in [2.45, 2.75) is 25.4 Å². The Kier molecular flexibility index (Phi) is 5.70. The number of imidazole rings is 1. The van der Waals surface area contributed by atoms with Crippen molar-refractivity contribution in [1.29, 1.82) is 0 Å². The second-order valence-corrected chi connectivity index (χ2v) is 6.12. The van der Waals surface area contributed by atoms with Gasteiger partial charge in [-0.3, -0.25) is 14.5 Å². The second-order valence-electron chi connectivity index (χ2n) is 6.12. The fraction of sp³-hybridized carbons (Fsp3) is 0.333. The Labute approximate surface area is 156 Å². The maximum Gasteiger partial charge on any atom is 0.325 e. The monoisotopic (exact) mass is 371 g/mol. The number of aromatic nitrogens is 2. The van der Waals surface area contributed by atoms with E-state index in [4.69, 9.17) is 4.74 Å². The van der Waals surface area contributed by atoms with Gasteiger partial charge in [0.15, 0.2) is 0 Å². The van der Waals surface area contributed by atoms with Gasteiger partial charge < -0.3 is 20.4 Å². The van der Waals surface area contributed by atoms with Crippen LogP contribution in [0.2, 0.25) is 0 Å². The van der Waals surface area contributed by atoms with Crippen LogP contribution in [0.5, 0.6) is 5.75 Å². The van der Waals surface area contributed by atoms with Crippen LogP contribution in [-0.4, -0.2) is 52.4 Å². The van der Waals surface area contributed by atoms with Crippen molar-refractivity contribution in [2.24, 2.45) is 0 Å². The summed E-state index contributed by atoms with van der Waals surface area (Å²) in [5.41, 5.74) is 1.62. The zero-order valence-corrected chi connectivity index (χ0v) is 14.9. The zero-order valence-electron chi connectivity index (χ0n) is 14.9. The number of nitrogens with one attached hydrogen (secondary N) is 3. The summed E-state index contributed by atoms with van der Waals surface area (Å²) < 4.78 is 5.25. The van der Waals surface area contributed by atoms with Crippen molar-refractivity contribution >= 4 is 17.8 Å². The first-order valence-electron chi connectivity index (χ1n) is 8.56. The number of hydrogen-bond donors (Lipinski definition) is 3. The number of carbonyl (C=O) groups is 3. The van der Waals surface area contributed by atoms with Crippen LogP contribution in [0.1, 0.15) is 17.7 Å². The van der Waals surface area contributed by atoms with Crippen LogP contribution in [0, 0.1) is 0 Å². The van der Waals surface area contributed by atoms with E-state index in [0.717, 1.165) is 10.6 Å². The molecule has 0 saturated carbocycles. The van der Waals surface area contributed by atoms with E-state index >= 15 is 0 Å². The van der Waals surface area contributed by atoms with Crippen molar-refractivity contribution in [1.82, 2.24) is 25.5 Å². The molecule has 2 heterocycles. The van der Waals surface area contributed by atoms with Crippen LogP contribution in [0.25, 0.3) is 0 Å². The molecule has 1 aliphatic rings. The molecule has 1 saturated heterocycles. The average molecular weight is 371 g/mol. The summed E-state index contributed by atoms with van der Waals surface area (Å²) in [6.07, 6.45) is 3.76. The van der Waals surface area contributed by atoms with Gasteiger partial charge in [-0.1, -0.05) is 18.2 Å². The van der Waals surface area contributed by atoms with Gasteiger partial charge in [0.2, 0.25) is 5.91 Å². The van der Waals surface area contributed by atoms with Crippen molar-refractivity contribution in [3.05, 3.63) is 48.0 Å². The van der Waals surface area contributed by atoms with E-state index in [1.165, 1.54) is 7.11 Å². The number of rotatable bonds is 8. The summed E-state index contributed by atoms with van der Waals surface area (Å²) in [6, 6.07) is 5.79. The van der Waals surface area contributed by atoms with Gasteiger partial charge in [-0.15, -0.1) is 0 Å². The molecular weight excluding hydrogens is 350 g/mol. The highest BCUT2D eigenvalue weighted by Gasteiger charge is 2.39. The lowest BCUT2D eigenvalue weighted by atomic mass is 10.1. The van der Waals surface area contributed by atoms with Gasteiger partial charge in [0.1, 0.15) is 11.8 Å². The largest absolute Gasteiger partial charge is 0.496 e. The van der Waals surface area contributed by atoms with Crippen LogP contribution in [0.3, 0.4) is 0 Å². The highest BCUT2D eigenvalue weighted by atomic mass is 16.5. The van der Waals surface area contributed by atoms with Crippen molar-refractivity contribution in [2.75, 3.05) is 13.7 Å². The zero-order chi connectivity index (χ0) is 19.2. The molecule has 0 spiro atoms. The van der Waals surface area contributed by atoms with E-state index in [-0.39, 0.29) is 18.9 Å². The lowest BCUT2D eigenvalue weighted by molar-refractivity contribution is -0.131. The highest BCUT2D eigenvalue weighted by Crippen LogP contribution is 2.21. The van der Waals surface area contributed by atoms with E-state index < -0.39 is 18.0 Å². The van der Waals surface area contributed by atoms with Gasteiger partial charge in [-0.2, -0.15) is 0 Å². The minimum atomic E-state index is -0.862. The molecule has 0 bridgehead atoms. The predicted octanol–water partition coefficient (Wildman–Crippen LogP) is 0.588. The third kappa shape index (κ3) is 4.43. The van der Waals surface area contributed by atoms with Crippen molar-refractivity contribution < 1.29 is 19.1 Å². The number of benzene rings is 1. The topological polar surface area (TPSA) is 116 Å². The smallest absolute Gasteiger partial charge is 0.325 e. The Balaban J connectivity index is 1.53.